The van der Waals surface area contributed by atoms with E-state index >= 15 is 0 Å². The summed E-state index contributed by atoms with van der Waals surface area (Å²) >= 11 is 0.889. The van der Waals surface area contributed by atoms with Crippen molar-refractivity contribution in [1.82, 2.24) is 10.2 Å². The van der Waals surface area contributed by atoms with Gasteiger partial charge >= 0.3 is 6.18 Å². The van der Waals surface area contributed by atoms with E-state index in [9.17, 15) is 27.6 Å². The average molecular weight is 398 g/mol. The highest BCUT2D eigenvalue weighted by atomic mass is 32.2. The van der Waals surface area contributed by atoms with Crippen LogP contribution in [0.15, 0.2) is 36.0 Å². The number of hydrogen-bond donors (Lipinski definition) is 2. The molecule has 0 atom stereocenters. The summed E-state index contributed by atoms with van der Waals surface area (Å²) in [6.45, 7) is 0.176. The van der Waals surface area contributed by atoms with Crippen LogP contribution in [0.1, 0.15) is 5.56 Å². The van der Waals surface area contributed by atoms with Gasteiger partial charge in [0.15, 0.2) is 0 Å². The van der Waals surface area contributed by atoms with Crippen LogP contribution in [0, 0.1) is 11.3 Å². The highest BCUT2D eigenvalue weighted by Crippen LogP contribution is 2.30. The zero-order valence-corrected chi connectivity index (χ0v) is 14.5. The minimum absolute atomic E-state index is 0.0646. The number of nitriles is 1. The van der Waals surface area contributed by atoms with Gasteiger partial charge in [0.1, 0.15) is 11.6 Å². The lowest BCUT2D eigenvalue weighted by Gasteiger charge is -2.12. The van der Waals surface area contributed by atoms with Crippen LogP contribution in [-0.4, -0.2) is 40.8 Å². The quantitative estimate of drug-likeness (QED) is 0.433. The molecule has 0 unspecified atom stereocenters. The number of rotatable bonds is 6. The maximum atomic E-state index is 12.7. The Morgan fingerprint density at radius 1 is 1.37 bits per heavy atom. The van der Waals surface area contributed by atoms with E-state index < -0.39 is 17.6 Å². The van der Waals surface area contributed by atoms with Gasteiger partial charge < -0.3 is 10.6 Å². The van der Waals surface area contributed by atoms with Gasteiger partial charge in [-0.1, -0.05) is 17.8 Å². The molecule has 0 bridgehead atoms. The van der Waals surface area contributed by atoms with Gasteiger partial charge in [-0.3, -0.25) is 19.3 Å². The van der Waals surface area contributed by atoms with Crippen LogP contribution in [0.5, 0.6) is 0 Å². The van der Waals surface area contributed by atoms with Gasteiger partial charge in [-0.15, -0.1) is 0 Å². The standard InChI is InChI=1S/C16H13F3N4O3S/c17-16(18,19)11-2-1-3-12(6-11)22-14(25)10(7-20)8-21-4-5-23-13(24)9-27-15(23)26/h1-3,6,8,21H,4-5,9H2,(H,22,25)/b10-8-. The number of carbonyl (C=O) groups excluding carboxylic acids is 3. The van der Waals surface area contributed by atoms with E-state index in [1.54, 1.807) is 6.07 Å². The molecular formula is C16H13F3N4O3S. The minimum Gasteiger partial charge on any atom is -0.388 e. The maximum absolute atomic E-state index is 12.7. The zero-order valence-electron chi connectivity index (χ0n) is 13.7. The monoisotopic (exact) mass is 398 g/mol. The van der Waals surface area contributed by atoms with Gasteiger partial charge in [0.2, 0.25) is 5.91 Å². The summed E-state index contributed by atoms with van der Waals surface area (Å²) < 4.78 is 38.0. The third-order valence-corrected chi connectivity index (χ3v) is 4.24. The average Bonchev–Trinajstić information content (AvgIpc) is 2.93. The number of anilines is 1. The number of halogens is 3. The lowest BCUT2D eigenvalue weighted by molar-refractivity contribution is -0.137. The number of imide groups is 1. The van der Waals surface area contributed by atoms with Gasteiger partial charge in [-0.25, -0.2) is 0 Å². The smallest absolute Gasteiger partial charge is 0.388 e. The predicted molar refractivity (Wildman–Crippen MR) is 91.3 cm³/mol. The first-order chi connectivity index (χ1) is 12.7. The highest BCUT2D eigenvalue weighted by molar-refractivity contribution is 8.14. The van der Waals surface area contributed by atoms with Crippen molar-refractivity contribution < 1.29 is 27.6 Å². The Morgan fingerprint density at radius 2 is 2.11 bits per heavy atom. The second kappa shape index (κ2) is 8.59. The van der Waals surface area contributed by atoms with Crippen LogP contribution in [0.3, 0.4) is 0 Å². The molecule has 1 aliphatic rings. The van der Waals surface area contributed by atoms with Crippen LogP contribution < -0.4 is 10.6 Å². The van der Waals surface area contributed by atoms with Crippen LogP contribution in [0.25, 0.3) is 0 Å². The summed E-state index contributed by atoms with van der Waals surface area (Å²) in [5.41, 5.74) is -1.42. The van der Waals surface area contributed by atoms with Gasteiger partial charge in [-0.05, 0) is 18.2 Å². The minimum atomic E-state index is -4.56. The first-order valence-electron chi connectivity index (χ1n) is 7.51. The Hall–Kier alpha value is -3.00. The summed E-state index contributed by atoms with van der Waals surface area (Å²) in [5, 5.41) is 13.5. The Kier molecular flexibility index (Phi) is 6.46. The zero-order chi connectivity index (χ0) is 20.0. The maximum Gasteiger partial charge on any atom is 0.416 e. The van der Waals surface area contributed by atoms with Gasteiger partial charge in [0.25, 0.3) is 11.1 Å². The third kappa shape index (κ3) is 5.49. The molecule has 2 rings (SSSR count). The molecule has 27 heavy (non-hydrogen) atoms. The first kappa shape index (κ1) is 20.3. The van der Waals surface area contributed by atoms with Crippen LogP contribution in [0.2, 0.25) is 0 Å². The molecule has 1 aliphatic heterocycles. The van der Waals surface area contributed by atoms with E-state index in [4.69, 9.17) is 5.26 Å². The second-order valence-corrected chi connectivity index (χ2v) is 6.18. The summed E-state index contributed by atoms with van der Waals surface area (Å²) in [5.74, 6) is -1.14. The number of benzene rings is 1. The molecule has 0 spiro atoms. The van der Waals surface area contributed by atoms with Crippen molar-refractivity contribution in [3.8, 4) is 6.07 Å². The predicted octanol–water partition coefficient (Wildman–Crippen LogP) is 2.34. The highest BCUT2D eigenvalue weighted by Gasteiger charge is 2.31. The lowest BCUT2D eigenvalue weighted by atomic mass is 10.2. The fourth-order valence-electron chi connectivity index (χ4n) is 2.07. The van der Waals surface area contributed by atoms with Crippen molar-refractivity contribution >= 4 is 34.5 Å². The lowest BCUT2D eigenvalue weighted by Crippen LogP contribution is -2.34. The molecule has 1 aromatic carbocycles. The molecule has 1 aromatic rings. The summed E-state index contributed by atoms with van der Waals surface area (Å²) in [7, 11) is 0. The number of nitrogens with zero attached hydrogens (tertiary/aromatic N) is 2. The number of amides is 3. The Balaban J connectivity index is 1.93. The number of hydrogen-bond acceptors (Lipinski definition) is 6. The number of thioether (sulfide) groups is 1. The van der Waals surface area contributed by atoms with Crippen molar-refractivity contribution in [2.45, 2.75) is 6.18 Å². The molecule has 1 heterocycles. The number of alkyl halides is 3. The Bertz CT molecular complexity index is 817. The molecule has 7 nitrogen and oxygen atoms in total. The molecular weight excluding hydrogens is 385 g/mol. The van der Waals surface area contributed by atoms with Crippen LogP contribution >= 0.6 is 11.8 Å². The molecule has 0 radical (unpaired) electrons. The van der Waals surface area contributed by atoms with Crippen molar-refractivity contribution in [1.29, 1.82) is 5.26 Å². The summed E-state index contributed by atoms with van der Waals surface area (Å²) in [4.78, 5) is 35.9. The van der Waals surface area contributed by atoms with Gasteiger partial charge in [0.05, 0.1) is 11.3 Å². The van der Waals surface area contributed by atoms with Crippen LogP contribution in [0.4, 0.5) is 23.7 Å². The van der Waals surface area contributed by atoms with Crippen molar-refractivity contribution in [2.75, 3.05) is 24.2 Å². The summed E-state index contributed by atoms with van der Waals surface area (Å²) in [6, 6.07) is 5.63. The first-order valence-corrected chi connectivity index (χ1v) is 8.50. The number of carbonyl (C=O) groups is 3. The molecule has 1 saturated heterocycles. The molecule has 1 fully saturated rings. The van der Waals surface area contributed by atoms with Crippen molar-refractivity contribution in [3.63, 3.8) is 0 Å². The molecule has 2 N–H and O–H groups in total. The van der Waals surface area contributed by atoms with Crippen LogP contribution in [-0.2, 0) is 15.8 Å². The topological polar surface area (TPSA) is 102 Å². The molecule has 0 aromatic heterocycles. The summed E-state index contributed by atoms with van der Waals surface area (Å²) in [6.07, 6.45) is -3.49. The fraction of sp³-hybridized carbons (Fsp3) is 0.250. The normalized spacial score (nSPS) is 14.9. The van der Waals surface area contributed by atoms with E-state index in [0.29, 0.717) is 0 Å². The fourth-order valence-corrected chi connectivity index (χ4v) is 2.82. The van der Waals surface area contributed by atoms with E-state index in [1.165, 1.54) is 6.07 Å². The van der Waals surface area contributed by atoms with Crippen molar-refractivity contribution in [2.24, 2.45) is 0 Å². The number of nitrogens with one attached hydrogen (secondary N) is 2. The van der Waals surface area contributed by atoms with E-state index in [-0.39, 0.29) is 41.2 Å². The van der Waals surface area contributed by atoms with Crippen molar-refractivity contribution in [3.05, 3.63) is 41.6 Å². The van der Waals surface area contributed by atoms with E-state index in [1.807, 2.05) is 0 Å². The molecule has 0 saturated carbocycles. The van der Waals surface area contributed by atoms with E-state index in [2.05, 4.69) is 10.6 Å². The SMILES string of the molecule is N#C/C(=C/NCCN1C(=O)CSC1=O)C(=O)Nc1cccc(C(F)(F)F)c1. The molecule has 142 valence electrons. The third-order valence-electron chi connectivity index (χ3n) is 3.38. The van der Waals surface area contributed by atoms with Gasteiger partial charge in [0, 0.05) is 25.0 Å². The molecule has 11 heteroatoms. The Morgan fingerprint density at radius 3 is 2.70 bits per heavy atom. The second-order valence-electron chi connectivity index (χ2n) is 5.26. The molecule has 0 aliphatic carbocycles. The largest absolute Gasteiger partial charge is 0.416 e. The van der Waals surface area contributed by atoms with Gasteiger partial charge in [-0.2, -0.15) is 18.4 Å². The Labute approximate surface area is 156 Å². The van der Waals surface area contributed by atoms with E-state index in [0.717, 1.165) is 41.1 Å². The molecule has 3 amide bonds.